The summed E-state index contributed by atoms with van der Waals surface area (Å²) in [6, 6.07) is 3.98. The van der Waals surface area contributed by atoms with Crippen molar-refractivity contribution in [1.29, 1.82) is 0 Å². The number of fused-ring (bicyclic) bond motifs is 1. The number of hydrogen-bond donors (Lipinski definition) is 0. The molecule has 0 saturated heterocycles. The zero-order chi connectivity index (χ0) is 8.72. The van der Waals surface area contributed by atoms with Crippen LogP contribution in [0.5, 0.6) is 0 Å². The molecule has 4 heteroatoms. The largest absolute Gasteiger partial charge is 0.141 e. The van der Waals surface area contributed by atoms with Gasteiger partial charge in [-0.3, -0.25) is 0 Å². The van der Waals surface area contributed by atoms with Crippen LogP contribution < -0.4 is 0 Å². The second kappa shape index (κ2) is 3.33. The van der Waals surface area contributed by atoms with Gasteiger partial charge in [0.1, 0.15) is 0 Å². The lowest BCUT2D eigenvalue weighted by atomic mass is 10.3. The summed E-state index contributed by atoms with van der Waals surface area (Å²) in [7, 11) is 0. The van der Waals surface area contributed by atoms with Crippen LogP contribution in [-0.4, -0.2) is 0 Å². The van der Waals surface area contributed by atoms with E-state index in [1.54, 1.807) is 11.3 Å². The minimum atomic E-state index is 0.785. The van der Waals surface area contributed by atoms with Gasteiger partial charge in [0.05, 0.1) is 14.7 Å². The molecule has 0 fully saturated rings. The lowest BCUT2D eigenvalue weighted by Crippen LogP contribution is -1.72. The van der Waals surface area contributed by atoms with Crippen LogP contribution in [0, 0.1) is 3.57 Å². The molecule has 1 aromatic heterocycles. The van der Waals surface area contributed by atoms with Crippen molar-refractivity contribution in [2.24, 2.45) is 0 Å². The Morgan fingerprint density at radius 3 is 2.75 bits per heavy atom. The topological polar surface area (TPSA) is 0 Å². The maximum Gasteiger partial charge on any atom is 0.0718 e. The Balaban J connectivity index is 2.93. The maximum atomic E-state index is 6.08. The fourth-order valence-electron chi connectivity index (χ4n) is 1.01. The van der Waals surface area contributed by atoms with E-state index in [1.165, 1.54) is 0 Å². The molecule has 0 bridgehead atoms. The van der Waals surface area contributed by atoms with Crippen molar-refractivity contribution in [2.75, 3.05) is 0 Å². The van der Waals surface area contributed by atoms with Gasteiger partial charge < -0.3 is 0 Å². The quantitative estimate of drug-likeness (QED) is 0.609. The molecule has 0 aliphatic carbocycles. The van der Waals surface area contributed by atoms with Crippen LogP contribution in [0.4, 0.5) is 0 Å². The summed E-state index contributed by atoms with van der Waals surface area (Å²) in [4.78, 5) is 0. The number of thiophene rings is 1. The third-order valence-electron chi connectivity index (χ3n) is 1.59. The summed E-state index contributed by atoms with van der Waals surface area (Å²) in [6.45, 7) is 0. The second-order valence-corrected chi connectivity index (χ2v) is 5.15. The monoisotopic (exact) mass is 328 g/mol. The first-order chi connectivity index (χ1) is 5.70. The Labute approximate surface area is 97.6 Å². The van der Waals surface area contributed by atoms with E-state index in [0.29, 0.717) is 0 Å². The SMILES string of the molecule is Clc1csc2c(Cl)c(I)ccc12. The molecular formula is C8H3Cl2IS. The fraction of sp³-hybridized carbons (Fsp3) is 0. The molecule has 0 aliphatic rings. The predicted molar refractivity (Wildman–Crippen MR) is 64.6 cm³/mol. The van der Waals surface area contributed by atoms with Gasteiger partial charge in [-0.1, -0.05) is 29.3 Å². The molecule has 12 heavy (non-hydrogen) atoms. The van der Waals surface area contributed by atoms with Crippen LogP contribution >= 0.6 is 57.1 Å². The van der Waals surface area contributed by atoms with E-state index >= 15 is 0 Å². The van der Waals surface area contributed by atoms with Gasteiger partial charge in [-0.05, 0) is 28.7 Å². The normalized spacial score (nSPS) is 10.9. The summed E-state index contributed by atoms with van der Waals surface area (Å²) in [6.07, 6.45) is 0. The molecule has 2 rings (SSSR count). The highest BCUT2D eigenvalue weighted by molar-refractivity contribution is 14.1. The first-order valence-corrected chi connectivity index (χ1v) is 5.92. The molecule has 1 aromatic carbocycles. The van der Waals surface area contributed by atoms with Crippen molar-refractivity contribution in [2.45, 2.75) is 0 Å². The molecule has 0 aliphatic heterocycles. The van der Waals surface area contributed by atoms with Gasteiger partial charge in [0.25, 0.3) is 0 Å². The maximum absolute atomic E-state index is 6.08. The smallest absolute Gasteiger partial charge is 0.0718 e. The average molecular weight is 329 g/mol. The highest BCUT2D eigenvalue weighted by atomic mass is 127. The van der Waals surface area contributed by atoms with Crippen LogP contribution in [0.15, 0.2) is 17.5 Å². The lowest BCUT2D eigenvalue weighted by molar-refractivity contribution is 1.76. The number of halogens is 3. The third-order valence-corrected chi connectivity index (χ3v) is 4.77. The van der Waals surface area contributed by atoms with Crippen LogP contribution in [0.3, 0.4) is 0 Å². The molecule has 62 valence electrons. The summed E-state index contributed by atoms with van der Waals surface area (Å²) in [5.41, 5.74) is 0. The molecule has 0 nitrogen and oxygen atoms in total. The van der Waals surface area contributed by atoms with Gasteiger partial charge in [-0.15, -0.1) is 11.3 Å². The van der Waals surface area contributed by atoms with Crippen molar-refractivity contribution in [1.82, 2.24) is 0 Å². The van der Waals surface area contributed by atoms with Gasteiger partial charge in [-0.25, -0.2) is 0 Å². The van der Waals surface area contributed by atoms with E-state index in [-0.39, 0.29) is 0 Å². The Bertz CT molecular complexity index is 436. The van der Waals surface area contributed by atoms with Crippen LogP contribution in [-0.2, 0) is 0 Å². The van der Waals surface area contributed by atoms with Gasteiger partial charge in [0, 0.05) is 14.3 Å². The summed E-state index contributed by atoms with van der Waals surface area (Å²) in [5, 5.41) is 4.55. The lowest BCUT2D eigenvalue weighted by Gasteiger charge is -1.96. The third kappa shape index (κ3) is 1.35. The molecule has 0 radical (unpaired) electrons. The van der Waals surface area contributed by atoms with E-state index < -0.39 is 0 Å². The van der Waals surface area contributed by atoms with E-state index in [4.69, 9.17) is 23.2 Å². The Kier molecular flexibility index (Phi) is 2.51. The molecule has 0 atom stereocenters. The molecule has 2 aromatic rings. The molecule has 0 amide bonds. The van der Waals surface area contributed by atoms with Crippen LogP contribution in [0.25, 0.3) is 10.1 Å². The average Bonchev–Trinajstić information content (AvgIpc) is 2.41. The number of rotatable bonds is 0. The second-order valence-electron chi connectivity index (χ2n) is 2.32. The van der Waals surface area contributed by atoms with E-state index in [2.05, 4.69) is 22.6 Å². The number of hydrogen-bond acceptors (Lipinski definition) is 1. The zero-order valence-electron chi connectivity index (χ0n) is 5.77. The molecule has 1 heterocycles. The first-order valence-electron chi connectivity index (χ1n) is 3.21. The van der Waals surface area contributed by atoms with Gasteiger partial charge in [0.15, 0.2) is 0 Å². The van der Waals surface area contributed by atoms with E-state index in [1.807, 2.05) is 17.5 Å². The Morgan fingerprint density at radius 2 is 2.00 bits per heavy atom. The van der Waals surface area contributed by atoms with Crippen molar-refractivity contribution in [3.05, 3.63) is 31.1 Å². The highest BCUT2D eigenvalue weighted by Gasteiger charge is 2.07. The zero-order valence-corrected chi connectivity index (χ0v) is 10.3. The summed E-state index contributed by atoms with van der Waals surface area (Å²) < 4.78 is 2.15. The molecule has 0 unspecified atom stereocenters. The van der Waals surface area contributed by atoms with Crippen LogP contribution in [0.1, 0.15) is 0 Å². The van der Waals surface area contributed by atoms with E-state index in [0.717, 1.165) is 23.7 Å². The Morgan fingerprint density at radius 1 is 1.25 bits per heavy atom. The van der Waals surface area contributed by atoms with Gasteiger partial charge >= 0.3 is 0 Å². The van der Waals surface area contributed by atoms with Crippen molar-refractivity contribution < 1.29 is 0 Å². The number of benzene rings is 1. The minimum Gasteiger partial charge on any atom is -0.141 e. The van der Waals surface area contributed by atoms with Crippen LogP contribution in [0.2, 0.25) is 10.0 Å². The molecule has 0 spiro atoms. The van der Waals surface area contributed by atoms with Crippen molar-refractivity contribution in [3.63, 3.8) is 0 Å². The molecular weight excluding hydrogens is 326 g/mol. The first kappa shape index (κ1) is 9.06. The Hall–Kier alpha value is 0.490. The molecule has 0 saturated carbocycles. The van der Waals surface area contributed by atoms with Crippen molar-refractivity contribution >= 4 is 67.2 Å². The fourth-order valence-corrected chi connectivity index (χ4v) is 3.15. The minimum absolute atomic E-state index is 0.785. The summed E-state index contributed by atoms with van der Waals surface area (Å²) in [5.74, 6) is 0. The van der Waals surface area contributed by atoms with Gasteiger partial charge in [0.2, 0.25) is 0 Å². The van der Waals surface area contributed by atoms with E-state index in [9.17, 15) is 0 Å². The van der Waals surface area contributed by atoms with Crippen molar-refractivity contribution in [3.8, 4) is 0 Å². The standard InChI is InChI=1S/C8H3Cl2IS/c9-5-3-12-8-4(5)1-2-6(11)7(8)10/h1-3H. The van der Waals surface area contributed by atoms with Gasteiger partial charge in [-0.2, -0.15) is 0 Å². The predicted octanol–water partition coefficient (Wildman–Crippen LogP) is 4.81. The molecule has 0 N–H and O–H groups in total. The highest BCUT2D eigenvalue weighted by Crippen LogP contribution is 2.37. The summed E-state index contributed by atoms with van der Waals surface area (Å²) >= 11 is 15.8.